The topological polar surface area (TPSA) is 93.7 Å². The molecule has 0 aromatic heterocycles. The molecular weight excluding hydrogens is 388 g/mol. The lowest BCUT2D eigenvalue weighted by Gasteiger charge is -2.13. The molecule has 0 saturated carbocycles. The van der Waals surface area contributed by atoms with Crippen molar-refractivity contribution in [2.45, 2.75) is 28.4 Å². The van der Waals surface area contributed by atoms with Gasteiger partial charge < -0.3 is 14.8 Å². The molecule has 1 aliphatic heterocycles. The fraction of sp³-hybridized carbons (Fsp3) is 0.278. The number of rotatable bonds is 5. The lowest BCUT2D eigenvalue weighted by Crippen LogP contribution is -2.15. The van der Waals surface area contributed by atoms with E-state index in [0.29, 0.717) is 29.3 Å². The minimum absolute atomic E-state index is 0.0616. The van der Waals surface area contributed by atoms with Gasteiger partial charge >= 0.3 is 0 Å². The van der Waals surface area contributed by atoms with Crippen molar-refractivity contribution >= 4 is 39.1 Å². The number of thioether (sulfide) groups is 1. The van der Waals surface area contributed by atoms with Crippen molar-refractivity contribution in [1.29, 1.82) is 0 Å². The molecule has 0 radical (unpaired) electrons. The monoisotopic (exact) mass is 408 g/mol. The van der Waals surface area contributed by atoms with Crippen molar-refractivity contribution < 1.29 is 22.7 Å². The van der Waals surface area contributed by atoms with Gasteiger partial charge in [0.25, 0.3) is 10.0 Å². The number of hydrogen-bond acceptors (Lipinski definition) is 6. The van der Waals surface area contributed by atoms with E-state index < -0.39 is 10.0 Å². The predicted octanol–water partition coefficient (Wildman–Crippen LogP) is 3.33. The largest absolute Gasteiger partial charge is 0.493 e. The zero-order valence-electron chi connectivity index (χ0n) is 15.1. The van der Waals surface area contributed by atoms with Crippen molar-refractivity contribution in [1.82, 2.24) is 0 Å². The molecule has 144 valence electrons. The second-order valence-corrected chi connectivity index (χ2v) is 9.18. The fourth-order valence-electron chi connectivity index (χ4n) is 2.71. The molecule has 0 bridgehead atoms. The number of carbonyl (C=O) groups is 1. The van der Waals surface area contributed by atoms with Gasteiger partial charge in [-0.1, -0.05) is 6.92 Å². The zero-order chi connectivity index (χ0) is 19.6. The van der Waals surface area contributed by atoms with Crippen molar-refractivity contribution in [3.8, 4) is 11.5 Å². The summed E-state index contributed by atoms with van der Waals surface area (Å²) in [5.41, 5.74) is 0.846. The van der Waals surface area contributed by atoms with Gasteiger partial charge in [-0.2, -0.15) is 0 Å². The number of anilines is 2. The Bertz CT molecular complexity index is 976. The Balaban J connectivity index is 1.91. The lowest BCUT2D eigenvalue weighted by molar-refractivity contribution is -0.116. The average molecular weight is 409 g/mol. The third-order valence-electron chi connectivity index (χ3n) is 3.97. The van der Waals surface area contributed by atoms with E-state index in [9.17, 15) is 13.2 Å². The zero-order valence-corrected chi connectivity index (χ0v) is 16.7. The van der Waals surface area contributed by atoms with Crippen LogP contribution in [0.3, 0.4) is 0 Å². The van der Waals surface area contributed by atoms with Gasteiger partial charge in [-0.25, -0.2) is 8.42 Å². The molecular formula is C18H20N2O5S2. The van der Waals surface area contributed by atoms with E-state index in [0.717, 1.165) is 4.90 Å². The van der Waals surface area contributed by atoms with Crippen molar-refractivity contribution in [3.05, 3.63) is 36.4 Å². The maximum absolute atomic E-state index is 12.8. The maximum Gasteiger partial charge on any atom is 0.261 e. The van der Waals surface area contributed by atoms with Crippen LogP contribution in [0, 0.1) is 0 Å². The Morgan fingerprint density at radius 3 is 2.56 bits per heavy atom. The Kier molecular flexibility index (Phi) is 5.52. The van der Waals surface area contributed by atoms with Gasteiger partial charge in [0.2, 0.25) is 5.91 Å². The van der Waals surface area contributed by atoms with Crippen LogP contribution in [0.4, 0.5) is 11.4 Å². The molecule has 2 N–H and O–H groups in total. The minimum Gasteiger partial charge on any atom is -0.493 e. The second-order valence-electron chi connectivity index (χ2n) is 6.01. The first kappa shape index (κ1) is 19.4. The molecule has 1 heterocycles. The van der Waals surface area contributed by atoms with E-state index in [1.807, 2.05) is 6.92 Å². The number of carbonyl (C=O) groups excluding carboxylic acids is 1. The quantitative estimate of drug-likeness (QED) is 0.788. The van der Waals surface area contributed by atoms with Crippen molar-refractivity contribution in [3.63, 3.8) is 0 Å². The van der Waals surface area contributed by atoms with Gasteiger partial charge in [-0.15, -0.1) is 11.8 Å². The molecule has 0 saturated heterocycles. The summed E-state index contributed by atoms with van der Waals surface area (Å²) in [4.78, 5) is 12.8. The molecule has 1 atom stereocenters. The average Bonchev–Trinajstić information content (AvgIpc) is 2.76. The molecule has 2 aromatic carbocycles. The number of nitrogens with one attached hydrogen (secondary N) is 2. The van der Waals surface area contributed by atoms with Gasteiger partial charge in [0.15, 0.2) is 11.5 Å². The first-order chi connectivity index (χ1) is 12.8. The Morgan fingerprint density at radius 2 is 1.85 bits per heavy atom. The van der Waals surface area contributed by atoms with Crippen LogP contribution in [-0.2, 0) is 14.8 Å². The fourth-order valence-corrected chi connectivity index (χ4v) is 4.84. The summed E-state index contributed by atoms with van der Waals surface area (Å²) in [7, 11) is -0.861. The Labute approximate surface area is 162 Å². The molecule has 0 aliphatic carbocycles. The molecule has 9 heteroatoms. The van der Waals surface area contributed by atoms with E-state index in [4.69, 9.17) is 9.47 Å². The first-order valence-electron chi connectivity index (χ1n) is 8.18. The Hall–Kier alpha value is -2.39. The summed E-state index contributed by atoms with van der Waals surface area (Å²) in [6.45, 7) is 1.96. The lowest BCUT2D eigenvalue weighted by atomic mass is 10.3. The number of fused-ring (bicyclic) bond motifs is 1. The second kappa shape index (κ2) is 7.69. The number of amides is 1. The summed E-state index contributed by atoms with van der Waals surface area (Å²) >= 11 is 1.54. The van der Waals surface area contributed by atoms with E-state index in [-0.39, 0.29) is 16.1 Å². The molecule has 0 spiro atoms. The normalized spacial score (nSPS) is 16.7. The highest BCUT2D eigenvalue weighted by Crippen LogP contribution is 2.37. The summed E-state index contributed by atoms with van der Waals surface area (Å²) < 4.78 is 38.4. The molecule has 2 aromatic rings. The van der Waals surface area contributed by atoms with E-state index >= 15 is 0 Å². The first-order valence-corrected chi connectivity index (χ1v) is 10.5. The van der Waals surface area contributed by atoms with Crippen LogP contribution < -0.4 is 19.5 Å². The highest BCUT2D eigenvalue weighted by atomic mass is 32.2. The van der Waals surface area contributed by atoms with Crippen LogP contribution in [-0.4, -0.2) is 33.8 Å². The van der Waals surface area contributed by atoms with Crippen molar-refractivity contribution in [2.75, 3.05) is 24.3 Å². The Morgan fingerprint density at radius 1 is 1.11 bits per heavy atom. The smallest absolute Gasteiger partial charge is 0.261 e. The minimum atomic E-state index is -3.84. The molecule has 0 unspecified atom stereocenters. The van der Waals surface area contributed by atoms with Crippen LogP contribution in [0.2, 0.25) is 0 Å². The standard InChI is InChI=1S/C18H20N2O5S2/c1-11-8-18(21)19-14-10-13(5-7-17(14)26-11)27(22,23)20-12-4-6-15(24-2)16(9-12)25-3/h4-7,9-11,20H,8H2,1-3H3,(H,19,21)/t11-/m0/s1. The number of hydrogen-bond donors (Lipinski definition) is 2. The van der Waals surface area contributed by atoms with Gasteiger partial charge in [0.05, 0.1) is 30.5 Å². The molecule has 27 heavy (non-hydrogen) atoms. The predicted molar refractivity (Wildman–Crippen MR) is 105 cm³/mol. The molecule has 1 amide bonds. The van der Waals surface area contributed by atoms with Crippen LogP contribution in [0.25, 0.3) is 0 Å². The third-order valence-corrected chi connectivity index (χ3v) is 6.53. The van der Waals surface area contributed by atoms with Gasteiger partial charge in [-0.05, 0) is 30.3 Å². The van der Waals surface area contributed by atoms with Gasteiger partial charge in [-0.3, -0.25) is 9.52 Å². The molecule has 0 fully saturated rings. The number of methoxy groups -OCH3 is 2. The highest BCUT2D eigenvalue weighted by molar-refractivity contribution is 8.00. The van der Waals surface area contributed by atoms with Crippen molar-refractivity contribution in [2.24, 2.45) is 0 Å². The molecule has 3 rings (SSSR count). The van der Waals surface area contributed by atoms with E-state index in [1.54, 1.807) is 24.3 Å². The highest BCUT2D eigenvalue weighted by Gasteiger charge is 2.22. The number of ether oxygens (including phenoxy) is 2. The van der Waals surface area contributed by atoms with Gasteiger partial charge in [0, 0.05) is 22.6 Å². The van der Waals surface area contributed by atoms with Crippen LogP contribution >= 0.6 is 11.8 Å². The molecule has 1 aliphatic rings. The van der Waals surface area contributed by atoms with Gasteiger partial charge in [0.1, 0.15) is 0 Å². The summed E-state index contributed by atoms with van der Waals surface area (Å²) in [5.74, 6) is 0.785. The van der Waals surface area contributed by atoms with E-state index in [2.05, 4.69) is 10.0 Å². The maximum atomic E-state index is 12.8. The number of benzene rings is 2. The SMILES string of the molecule is COc1ccc(NS(=O)(=O)c2ccc3c(c2)NC(=O)C[C@H](C)S3)cc1OC. The number of sulfonamides is 1. The van der Waals surface area contributed by atoms with Crippen LogP contribution in [0.1, 0.15) is 13.3 Å². The van der Waals surface area contributed by atoms with E-state index in [1.165, 1.54) is 38.1 Å². The van der Waals surface area contributed by atoms with Crippen LogP contribution in [0.15, 0.2) is 46.2 Å². The summed E-state index contributed by atoms with van der Waals surface area (Å²) in [6.07, 6.45) is 0.380. The molecule has 7 nitrogen and oxygen atoms in total. The summed E-state index contributed by atoms with van der Waals surface area (Å²) in [5, 5.41) is 2.90. The van der Waals surface area contributed by atoms with Crippen LogP contribution in [0.5, 0.6) is 11.5 Å². The third kappa shape index (κ3) is 4.30. The summed E-state index contributed by atoms with van der Waals surface area (Å²) in [6, 6.07) is 9.46.